The van der Waals surface area contributed by atoms with E-state index in [9.17, 15) is 4.79 Å². The highest BCUT2D eigenvalue weighted by atomic mass is 32.2. The Labute approximate surface area is 148 Å². The SMILES string of the molecule is CCC(C)Cc1c(C)sc2nc(SCc3cc(C)on3)[nH]c(=O)c12. The van der Waals surface area contributed by atoms with Gasteiger partial charge in [0.15, 0.2) is 5.16 Å². The van der Waals surface area contributed by atoms with Crippen molar-refractivity contribution in [3.8, 4) is 0 Å². The summed E-state index contributed by atoms with van der Waals surface area (Å²) in [7, 11) is 0. The van der Waals surface area contributed by atoms with Crippen molar-refractivity contribution in [2.24, 2.45) is 5.92 Å². The van der Waals surface area contributed by atoms with Gasteiger partial charge in [-0.25, -0.2) is 4.98 Å². The second-order valence-electron chi connectivity index (χ2n) is 6.12. The van der Waals surface area contributed by atoms with E-state index in [1.807, 2.05) is 13.0 Å². The van der Waals surface area contributed by atoms with Gasteiger partial charge in [-0.15, -0.1) is 11.3 Å². The van der Waals surface area contributed by atoms with Gasteiger partial charge in [0.05, 0.1) is 11.1 Å². The lowest BCUT2D eigenvalue weighted by molar-refractivity contribution is 0.393. The molecule has 0 saturated carbocycles. The Balaban J connectivity index is 1.89. The summed E-state index contributed by atoms with van der Waals surface area (Å²) in [4.78, 5) is 22.2. The number of H-pyrrole nitrogens is 1. The van der Waals surface area contributed by atoms with Gasteiger partial charge in [0.1, 0.15) is 10.6 Å². The average Bonchev–Trinajstić information content (AvgIpc) is 3.09. The minimum Gasteiger partial charge on any atom is -0.361 e. The van der Waals surface area contributed by atoms with Crippen LogP contribution in [0.4, 0.5) is 0 Å². The van der Waals surface area contributed by atoms with Crippen molar-refractivity contribution in [3.05, 3.63) is 38.3 Å². The van der Waals surface area contributed by atoms with Crippen molar-refractivity contribution in [1.29, 1.82) is 0 Å². The molecule has 0 saturated heterocycles. The molecule has 128 valence electrons. The maximum Gasteiger partial charge on any atom is 0.260 e. The van der Waals surface area contributed by atoms with Gasteiger partial charge < -0.3 is 9.51 Å². The molecule has 0 fully saturated rings. The molecule has 0 radical (unpaired) electrons. The molecule has 24 heavy (non-hydrogen) atoms. The van der Waals surface area contributed by atoms with Crippen LogP contribution in [0.5, 0.6) is 0 Å². The van der Waals surface area contributed by atoms with Gasteiger partial charge in [-0.3, -0.25) is 4.79 Å². The number of nitrogens with zero attached hydrogens (tertiary/aromatic N) is 2. The predicted molar refractivity (Wildman–Crippen MR) is 98.9 cm³/mol. The first-order chi connectivity index (χ1) is 11.5. The molecule has 0 aliphatic carbocycles. The highest BCUT2D eigenvalue weighted by Crippen LogP contribution is 2.31. The molecule has 0 spiro atoms. The number of thiophene rings is 1. The monoisotopic (exact) mass is 363 g/mol. The van der Waals surface area contributed by atoms with Crippen LogP contribution in [-0.2, 0) is 12.2 Å². The van der Waals surface area contributed by atoms with Crippen LogP contribution < -0.4 is 5.56 Å². The van der Waals surface area contributed by atoms with Gasteiger partial charge in [0.2, 0.25) is 0 Å². The van der Waals surface area contributed by atoms with Crippen LogP contribution in [0.1, 0.15) is 42.2 Å². The molecular formula is C17H21N3O2S2. The maximum atomic E-state index is 12.6. The molecular weight excluding hydrogens is 342 g/mol. The van der Waals surface area contributed by atoms with Crippen molar-refractivity contribution in [2.75, 3.05) is 0 Å². The van der Waals surface area contributed by atoms with Gasteiger partial charge in [-0.2, -0.15) is 0 Å². The van der Waals surface area contributed by atoms with Crippen LogP contribution in [0.25, 0.3) is 10.2 Å². The first-order valence-electron chi connectivity index (χ1n) is 8.05. The third-order valence-electron chi connectivity index (χ3n) is 4.12. The number of hydrogen-bond acceptors (Lipinski definition) is 6. The zero-order valence-electron chi connectivity index (χ0n) is 14.3. The highest BCUT2D eigenvalue weighted by Gasteiger charge is 2.17. The summed E-state index contributed by atoms with van der Waals surface area (Å²) in [6.45, 7) is 8.33. The number of aryl methyl sites for hydroxylation is 2. The van der Waals surface area contributed by atoms with E-state index in [2.05, 4.69) is 35.9 Å². The second kappa shape index (κ2) is 7.11. The highest BCUT2D eigenvalue weighted by molar-refractivity contribution is 7.98. The van der Waals surface area contributed by atoms with Crippen LogP contribution in [0.3, 0.4) is 0 Å². The maximum absolute atomic E-state index is 12.6. The lowest BCUT2D eigenvalue weighted by Gasteiger charge is -2.08. The summed E-state index contributed by atoms with van der Waals surface area (Å²) in [5, 5.41) is 5.36. The summed E-state index contributed by atoms with van der Waals surface area (Å²) in [6.07, 6.45) is 2.03. The van der Waals surface area contributed by atoms with Crippen molar-refractivity contribution >= 4 is 33.3 Å². The third-order valence-corrected chi connectivity index (χ3v) is 6.07. The molecule has 3 heterocycles. The van der Waals surface area contributed by atoms with Gasteiger partial charge in [0.25, 0.3) is 5.56 Å². The Morgan fingerprint density at radius 1 is 1.42 bits per heavy atom. The fraction of sp³-hybridized carbons (Fsp3) is 0.471. The lowest BCUT2D eigenvalue weighted by atomic mass is 9.98. The molecule has 5 nitrogen and oxygen atoms in total. The standard InChI is InChI=1S/C17H21N3O2S2/c1-5-9(2)6-13-11(4)24-16-14(13)15(21)18-17(19-16)23-8-12-7-10(3)22-20-12/h7,9H,5-6,8H2,1-4H3,(H,18,19,21). The minimum absolute atomic E-state index is 0.0403. The number of hydrogen-bond donors (Lipinski definition) is 1. The summed E-state index contributed by atoms with van der Waals surface area (Å²) < 4.78 is 5.06. The quantitative estimate of drug-likeness (QED) is 0.517. The number of nitrogens with one attached hydrogen (secondary N) is 1. The van der Waals surface area contributed by atoms with Crippen LogP contribution in [0, 0.1) is 19.8 Å². The van der Waals surface area contributed by atoms with Gasteiger partial charge in [0, 0.05) is 16.7 Å². The molecule has 0 amide bonds. The zero-order chi connectivity index (χ0) is 17.3. The lowest BCUT2D eigenvalue weighted by Crippen LogP contribution is -2.11. The third kappa shape index (κ3) is 3.57. The second-order valence-corrected chi connectivity index (χ2v) is 8.29. The Morgan fingerprint density at radius 2 is 2.21 bits per heavy atom. The largest absolute Gasteiger partial charge is 0.361 e. The van der Waals surface area contributed by atoms with E-state index >= 15 is 0 Å². The number of aromatic nitrogens is 3. The molecule has 1 N–H and O–H groups in total. The molecule has 0 aliphatic heterocycles. The normalized spacial score (nSPS) is 12.8. The van der Waals surface area contributed by atoms with Crippen LogP contribution in [0.2, 0.25) is 0 Å². The van der Waals surface area contributed by atoms with E-state index in [0.717, 1.165) is 40.1 Å². The van der Waals surface area contributed by atoms with Crippen LogP contribution in [0.15, 0.2) is 20.5 Å². The molecule has 1 unspecified atom stereocenters. The Hall–Kier alpha value is -1.60. The smallest absolute Gasteiger partial charge is 0.260 e. The molecule has 7 heteroatoms. The number of fused-ring (bicyclic) bond motifs is 1. The molecule has 3 aromatic heterocycles. The summed E-state index contributed by atoms with van der Waals surface area (Å²) in [5.74, 6) is 1.96. The van der Waals surface area contributed by atoms with Gasteiger partial charge >= 0.3 is 0 Å². The van der Waals surface area contributed by atoms with E-state index in [1.165, 1.54) is 16.6 Å². The molecule has 0 bridgehead atoms. The van der Waals surface area contributed by atoms with E-state index in [-0.39, 0.29) is 5.56 Å². The Bertz CT molecular complexity index is 910. The van der Waals surface area contributed by atoms with E-state index in [1.54, 1.807) is 11.3 Å². The first kappa shape index (κ1) is 17.2. The number of thioether (sulfide) groups is 1. The Kier molecular flexibility index (Phi) is 5.10. The summed E-state index contributed by atoms with van der Waals surface area (Å²) in [6, 6.07) is 1.89. The fourth-order valence-corrected chi connectivity index (χ4v) is 4.44. The minimum atomic E-state index is -0.0403. The molecule has 1 atom stereocenters. The average molecular weight is 364 g/mol. The fourth-order valence-electron chi connectivity index (χ4n) is 2.59. The molecule has 3 rings (SSSR count). The number of rotatable bonds is 6. The molecule has 0 aromatic carbocycles. The molecule has 3 aromatic rings. The van der Waals surface area contributed by atoms with Crippen molar-refractivity contribution in [2.45, 2.75) is 51.4 Å². The first-order valence-corrected chi connectivity index (χ1v) is 9.85. The van der Waals surface area contributed by atoms with Gasteiger partial charge in [-0.05, 0) is 31.7 Å². The molecule has 0 aliphatic rings. The predicted octanol–water partition coefficient (Wildman–Crippen LogP) is 4.47. The van der Waals surface area contributed by atoms with Crippen molar-refractivity contribution < 1.29 is 4.52 Å². The summed E-state index contributed by atoms with van der Waals surface area (Å²) in [5.41, 5.74) is 1.96. The van der Waals surface area contributed by atoms with E-state index in [4.69, 9.17) is 4.52 Å². The topological polar surface area (TPSA) is 71.8 Å². The van der Waals surface area contributed by atoms with Crippen molar-refractivity contribution in [3.63, 3.8) is 0 Å². The van der Waals surface area contributed by atoms with E-state index in [0.29, 0.717) is 16.8 Å². The zero-order valence-corrected chi connectivity index (χ0v) is 15.9. The van der Waals surface area contributed by atoms with Gasteiger partial charge in [-0.1, -0.05) is 37.2 Å². The van der Waals surface area contributed by atoms with Crippen molar-refractivity contribution in [1.82, 2.24) is 15.1 Å². The van der Waals surface area contributed by atoms with Crippen LogP contribution in [-0.4, -0.2) is 15.1 Å². The van der Waals surface area contributed by atoms with E-state index < -0.39 is 0 Å². The number of aromatic amines is 1. The summed E-state index contributed by atoms with van der Waals surface area (Å²) >= 11 is 3.07. The Morgan fingerprint density at radius 3 is 2.88 bits per heavy atom. The van der Waals surface area contributed by atoms with Crippen LogP contribution >= 0.6 is 23.1 Å².